The Labute approximate surface area is 277 Å². The van der Waals surface area contributed by atoms with Crippen molar-refractivity contribution in [3.8, 4) is 12.1 Å². The summed E-state index contributed by atoms with van der Waals surface area (Å²) in [6.45, 7) is 13.9. The standard InChI is InChI=1S/C32H4F16N4/c1-51-29(16-25(39)27(41)30(52-2)28(42)26(16)40)10-4-9-14(20(10)34)17(31(43,44)45)8-3-7(19(33)13(8)18(9)32(46,47)48)11(5-49)15-23(37)21(35)12(6-50)22(36)24(15)38/h3-4H2/b11-7+,29-10-. The molecule has 0 fully saturated rings. The molecule has 0 saturated carbocycles. The normalized spacial score (nSPS) is 15.8. The van der Waals surface area contributed by atoms with Gasteiger partial charge in [-0.3, -0.25) is 0 Å². The minimum absolute atomic E-state index is 0.734. The third kappa shape index (κ3) is 5.05. The number of alkyl halides is 6. The fourth-order valence-electron chi connectivity index (χ4n) is 5.94. The van der Waals surface area contributed by atoms with Gasteiger partial charge < -0.3 is 0 Å². The van der Waals surface area contributed by atoms with Crippen LogP contribution in [-0.2, 0) is 25.2 Å². The number of hydrogen-bond donors (Lipinski definition) is 0. The predicted octanol–water partition coefficient (Wildman–Crippen LogP) is 8.84. The number of allylic oxidation sites excluding steroid dienone is 3. The maximum absolute atomic E-state index is 16.1. The Kier molecular flexibility index (Phi) is 8.67. The molecule has 0 heterocycles. The van der Waals surface area contributed by atoms with Gasteiger partial charge in [-0.1, -0.05) is 0 Å². The number of nitriles is 2. The van der Waals surface area contributed by atoms with Gasteiger partial charge in [0.2, 0.25) is 5.70 Å². The monoisotopic (exact) mass is 748 g/mol. The molecule has 0 aliphatic heterocycles. The Balaban J connectivity index is 1.99. The molecule has 0 unspecified atom stereocenters. The average Bonchev–Trinajstić information content (AvgIpc) is 3.57. The number of benzene rings is 3. The van der Waals surface area contributed by atoms with Gasteiger partial charge in [-0.2, -0.15) is 36.9 Å². The van der Waals surface area contributed by atoms with Crippen molar-refractivity contribution in [2.24, 2.45) is 0 Å². The second-order valence-electron chi connectivity index (χ2n) is 10.5. The molecular weight excluding hydrogens is 744 g/mol. The second kappa shape index (κ2) is 12.2. The molecule has 0 radical (unpaired) electrons. The van der Waals surface area contributed by atoms with Crippen molar-refractivity contribution in [2.75, 3.05) is 0 Å². The van der Waals surface area contributed by atoms with Gasteiger partial charge in [-0.05, 0) is 23.1 Å². The van der Waals surface area contributed by atoms with Crippen molar-refractivity contribution in [2.45, 2.75) is 25.2 Å². The van der Waals surface area contributed by atoms with E-state index in [4.69, 9.17) is 18.4 Å². The van der Waals surface area contributed by atoms with Gasteiger partial charge in [0.05, 0.1) is 41.0 Å². The molecule has 2 aliphatic carbocycles. The molecule has 20 heteroatoms. The van der Waals surface area contributed by atoms with Crippen LogP contribution in [0.25, 0.3) is 32.6 Å². The van der Waals surface area contributed by atoms with E-state index in [2.05, 4.69) is 9.69 Å². The summed E-state index contributed by atoms with van der Waals surface area (Å²) in [5.41, 5.74) is -24.0. The third-order valence-electron chi connectivity index (χ3n) is 7.98. The summed E-state index contributed by atoms with van der Waals surface area (Å²) >= 11 is 0. The van der Waals surface area contributed by atoms with Crippen molar-refractivity contribution in [3.05, 3.63) is 130 Å². The van der Waals surface area contributed by atoms with E-state index in [1.165, 1.54) is 0 Å². The molecule has 3 aromatic carbocycles. The first-order valence-corrected chi connectivity index (χ1v) is 13.3. The van der Waals surface area contributed by atoms with E-state index in [9.17, 15) is 66.7 Å². The Hall–Kier alpha value is -6.28. The maximum Gasteiger partial charge on any atom is 0.417 e. The SMILES string of the molecule is [C-]#[N+]/C(=C1/Cc2c(C(F)(F)F)c3c(c(C(F)(F)F)c2=C1F)C/C(=C(/C#N)c1c(F)c(F)c(C#N)c(F)c1F)C=3F)c1c(F)c(F)c([N+]#[C-])c(F)c1F. The van der Waals surface area contributed by atoms with Crippen molar-refractivity contribution < 1.29 is 70.2 Å². The highest BCUT2D eigenvalue weighted by Gasteiger charge is 2.48. The molecule has 2 aliphatic rings. The molecule has 0 saturated heterocycles. The smallest absolute Gasteiger partial charge is 0.237 e. The summed E-state index contributed by atoms with van der Waals surface area (Å²) < 4.78 is 237. The van der Waals surface area contributed by atoms with E-state index in [0.29, 0.717) is 0 Å². The minimum atomic E-state index is -6.03. The zero-order chi connectivity index (χ0) is 39.1. The number of nitrogens with zero attached hydrogens (tertiary/aromatic N) is 4. The van der Waals surface area contributed by atoms with Gasteiger partial charge in [-0.25, -0.2) is 53.6 Å². The number of fused-ring (bicyclic) bond motifs is 2. The van der Waals surface area contributed by atoms with Crippen molar-refractivity contribution in [1.82, 2.24) is 0 Å². The molecule has 3 aromatic rings. The quantitative estimate of drug-likeness (QED) is 0.114. The molecule has 0 atom stereocenters. The number of rotatable bonds is 2. The van der Waals surface area contributed by atoms with Crippen LogP contribution in [-0.4, -0.2) is 0 Å². The van der Waals surface area contributed by atoms with Crippen molar-refractivity contribution in [1.29, 1.82) is 10.5 Å². The summed E-state index contributed by atoms with van der Waals surface area (Å²) in [5.74, 6) is -25.1. The molecule has 4 nitrogen and oxygen atoms in total. The van der Waals surface area contributed by atoms with Gasteiger partial charge in [-0.15, -0.1) is 0 Å². The fourth-order valence-corrected chi connectivity index (χ4v) is 5.94. The summed E-state index contributed by atoms with van der Waals surface area (Å²) in [6.07, 6.45) is -15.9. The first-order valence-electron chi connectivity index (χ1n) is 13.3. The van der Waals surface area contributed by atoms with E-state index < -0.39 is 161 Å². The minimum Gasteiger partial charge on any atom is -0.237 e. The van der Waals surface area contributed by atoms with Crippen molar-refractivity contribution >= 4 is 28.6 Å². The summed E-state index contributed by atoms with van der Waals surface area (Å²) in [4.78, 5) is 4.67. The summed E-state index contributed by atoms with van der Waals surface area (Å²) in [5, 5.41) is 14.1. The molecule has 0 amide bonds. The van der Waals surface area contributed by atoms with Crippen LogP contribution in [0.3, 0.4) is 0 Å². The van der Waals surface area contributed by atoms with Crippen LogP contribution < -0.4 is 10.4 Å². The topological polar surface area (TPSA) is 56.3 Å². The lowest BCUT2D eigenvalue weighted by Crippen LogP contribution is -2.35. The zero-order valence-corrected chi connectivity index (χ0v) is 24.3. The van der Waals surface area contributed by atoms with E-state index in [-0.39, 0.29) is 0 Å². The first kappa shape index (κ1) is 37.0. The van der Waals surface area contributed by atoms with E-state index >= 15 is 8.78 Å². The van der Waals surface area contributed by atoms with Crippen LogP contribution in [0.2, 0.25) is 0 Å². The largest absolute Gasteiger partial charge is 0.417 e. The summed E-state index contributed by atoms with van der Waals surface area (Å²) in [7, 11) is 0. The van der Waals surface area contributed by atoms with Gasteiger partial charge in [0.1, 0.15) is 41.0 Å². The van der Waals surface area contributed by atoms with Crippen LogP contribution in [0.1, 0.15) is 38.9 Å². The van der Waals surface area contributed by atoms with Gasteiger partial charge >= 0.3 is 12.4 Å². The summed E-state index contributed by atoms with van der Waals surface area (Å²) in [6, 6.07) is 1.58. The number of hydrogen-bond acceptors (Lipinski definition) is 2. The van der Waals surface area contributed by atoms with Gasteiger partial charge in [0, 0.05) is 22.4 Å². The van der Waals surface area contributed by atoms with Crippen LogP contribution >= 0.6 is 0 Å². The van der Waals surface area contributed by atoms with Gasteiger partial charge in [0.15, 0.2) is 34.9 Å². The van der Waals surface area contributed by atoms with E-state index in [0.717, 1.165) is 12.1 Å². The first-order chi connectivity index (χ1) is 24.1. The Morgan fingerprint density at radius 2 is 0.981 bits per heavy atom. The van der Waals surface area contributed by atoms with Crippen LogP contribution in [0.15, 0.2) is 11.1 Å². The Bertz CT molecular complexity index is 2340. The molecule has 0 spiro atoms. The van der Waals surface area contributed by atoms with E-state index in [1.807, 2.05) is 0 Å². The van der Waals surface area contributed by atoms with Crippen LogP contribution in [0.5, 0.6) is 0 Å². The third-order valence-corrected chi connectivity index (χ3v) is 7.98. The average molecular weight is 748 g/mol. The van der Waals surface area contributed by atoms with E-state index in [1.54, 1.807) is 0 Å². The lowest BCUT2D eigenvalue weighted by Gasteiger charge is -2.18. The molecular formula is C32H4F16N4. The Morgan fingerprint density at radius 1 is 0.577 bits per heavy atom. The molecule has 0 aromatic heterocycles. The maximum atomic E-state index is 16.1. The lowest BCUT2D eigenvalue weighted by atomic mass is 9.92. The lowest BCUT2D eigenvalue weighted by molar-refractivity contribution is -0.143. The molecule has 5 rings (SSSR count). The number of halogens is 16. The Morgan fingerprint density at radius 3 is 1.35 bits per heavy atom. The van der Waals surface area contributed by atoms with Gasteiger partial charge in [0.25, 0.3) is 5.69 Å². The van der Waals surface area contributed by atoms with Crippen LogP contribution in [0, 0.1) is 82.3 Å². The predicted molar refractivity (Wildman–Crippen MR) is 142 cm³/mol. The van der Waals surface area contributed by atoms with Crippen LogP contribution in [0.4, 0.5) is 75.9 Å². The zero-order valence-electron chi connectivity index (χ0n) is 24.3. The highest BCUT2D eigenvalue weighted by atomic mass is 19.4. The fraction of sp³-hybridized carbons (Fsp3) is 0.125. The van der Waals surface area contributed by atoms with Crippen molar-refractivity contribution in [3.63, 3.8) is 0 Å². The molecule has 0 N–H and O–H groups in total. The second-order valence-corrected chi connectivity index (χ2v) is 10.5. The highest BCUT2D eigenvalue weighted by molar-refractivity contribution is 5.92. The molecule has 264 valence electrons. The molecule has 0 bridgehead atoms. The highest BCUT2D eigenvalue weighted by Crippen LogP contribution is 2.46. The molecule has 52 heavy (non-hydrogen) atoms.